The number of H-pyrrole nitrogens is 1. The summed E-state index contributed by atoms with van der Waals surface area (Å²) in [7, 11) is 0. The summed E-state index contributed by atoms with van der Waals surface area (Å²) in [4.78, 5) is 47.5. The number of benzene rings is 3. The molecule has 10 heteroatoms. The summed E-state index contributed by atoms with van der Waals surface area (Å²) < 4.78 is 11.7. The van der Waals surface area contributed by atoms with E-state index in [2.05, 4.69) is 15.3 Å². The Morgan fingerprint density at radius 2 is 1.80 bits per heavy atom. The smallest absolute Gasteiger partial charge is 0.341 e. The lowest BCUT2D eigenvalue weighted by Crippen LogP contribution is -2.43. The third-order valence-corrected chi connectivity index (χ3v) is 7.39. The molecule has 1 atom stereocenters. The molecule has 1 aliphatic heterocycles. The van der Waals surface area contributed by atoms with Gasteiger partial charge >= 0.3 is 5.97 Å². The molecule has 6 rings (SSSR count). The van der Waals surface area contributed by atoms with Crippen LogP contribution in [0.15, 0.2) is 97.3 Å². The minimum atomic E-state index is -1.08. The van der Waals surface area contributed by atoms with E-state index < -0.39 is 18.7 Å². The van der Waals surface area contributed by atoms with Gasteiger partial charge in [-0.2, -0.15) is 0 Å². The highest BCUT2D eigenvalue weighted by atomic mass is 16.5. The van der Waals surface area contributed by atoms with Crippen LogP contribution in [-0.4, -0.2) is 63.6 Å². The second-order valence-corrected chi connectivity index (χ2v) is 10.5. The molecular weight excluding hydrogens is 560 g/mol. The van der Waals surface area contributed by atoms with E-state index in [0.29, 0.717) is 34.9 Å². The fourth-order valence-corrected chi connectivity index (χ4v) is 5.31. The Labute approximate surface area is 253 Å². The molecule has 0 saturated heterocycles. The molecule has 2 aromatic heterocycles. The number of aromatic amines is 1. The molecular formula is C34H30N4O6. The van der Waals surface area contributed by atoms with Crippen LogP contribution in [0.1, 0.15) is 21.5 Å². The second-order valence-electron chi connectivity index (χ2n) is 10.5. The van der Waals surface area contributed by atoms with Crippen LogP contribution in [0, 0.1) is 0 Å². The van der Waals surface area contributed by atoms with Gasteiger partial charge in [-0.15, -0.1) is 0 Å². The van der Waals surface area contributed by atoms with Crippen LogP contribution in [0.25, 0.3) is 22.2 Å². The van der Waals surface area contributed by atoms with E-state index in [1.54, 1.807) is 41.4 Å². The molecule has 0 aliphatic carbocycles. The Balaban J connectivity index is 1.30. The molecule has 10 nitrogen and oxygen atoms in total. The monoisotopic (exact) mass is 590 g/mol. The number of fused-ring (bicyclic) bond motifs is 2. The molecule has 5 aromatic rings. The van der Waals surface area contributed by atoms with Crippen molar-refractivity contribution < 1.29 is 29.0 Å². The number of hydrogen-bond donors (Lipinski definition) is 3. The summed E-state index contributed by atoms with van der Waals surface area (Å²) in [6, 6.07) is 25.8. The van der Waals surface area contributed by atoms with E-state index in [1.807, 2.05) is 60.8 Å². The van der Waals surface area contributed by atoms with Crippen LogP contribution < -0.4 is 14.8 Å². The summed E-state index contributed by atoms with van der Waals surface area (Å²) >= 11 is 0. The van der Waals surface area contributed by atoms with E-state index in [1.165, 1.54) is 0 Å². The van der Waals surface area contributed by atoms with Crippen molar-refractivity contribution in [3.05, 3.63) is 114 Å². The van der Waals surface area contributed by atoms with E-state index >= 15 is 0 Å². The maximum atomic E-state index is 14.3. The molecule has 0 bridgehead atoms. The number of carbonyl (C=O) groups excluding carboxylic acids is 2. The van der Waals surface area contributed by atoms with Gasteiger partial charge in [0.15, 0.2) is 6.61 Å². The third-order valence-electron chi connectivity index (χ3n) is 7.39. The van der Waals surface area contributed by atoms with Crippen molar-refractivity contribution in [2.75, 3.05) is 19.7 Å². The molecule has 1 unspecified atom stereocenters. The Morgan fingerprint density at radius 3 is 2.59 bits per heavy atom. The zero-order chi connectivity index (χ0) is 30.5. The Hall–Kier alpha value is -5.64. The molecule has 3 heterocycles. The number of nitrogens with one attached hydrogen (secondary N) is 2. The van der Waals surface area contributed by atoms with Crippen molar-refractivity contribution in [2.24, 2.45) is 0 Å². The maximum Gasteiger partial charge on any atom is 0.341 e. The van der Waals surface area contributed by atoms with Gasteiger partial charge in [0.1, 0.15) is 23.2 Å². The van der Waals surface area contributed by atoms with Gasteiger partial charge in [0.25, 0.3) is 5.91 Å². The number of para-hydroxylation sites is 1. The number of nitrogens with zero attached hydrogens (tertiary/aromatic N) is 2. The Bertz CT molecular complexity index is 1800. The topological polar surface area (TPSA) is 134 Å². The number of hydrogen-bond acceptors (Lipinski definition) is 6. The fourth-order valence-electron chi connectivity index (χ4n) is 5.31. The maximum absolute atomic E-state index is 14.3. The lowest BCUT2D eigenvalue weighted by atomic mass is 10.0. The normalized spacial score (nSPS) is 14.4. The zero-order valence-corrected chi connectivity index (χ0v) is 23.7. The summed E-state index contributed by atoms with van der Waals surface area (Å²) in [6.45, 7) is 0.295. The van der Waals surface area contributed by atoms with Crippen molar-refractivity contribution in [1.82, 2.24) is 20.2 Å². The minimum Gasteiger partial charge on any atom is -0.486 e. The molecule has 222 valence electrons. The first-order valence-corrected chi connectivity index (χ1v) is 14.2. The van der Waals surface area contributed by atoms with Crippen molar-refractivity contribution in [3.63, 3.8) is 0 Å². The average molecular weight is 591 g/mol. The number of pyridine rings is 1. The van der Waals surface area contributed by atoms with Crippen LogP contribution in [0.4, 0.5) is 0 Å². The van der Waals surface area contributed by atoms with Gasteiger partial charge in [0, 0.05) is 35.4 Å². The lowest BCUT2D eigenvalue weighted by Gasteiger charge is -2.24. The summed E-state index contributed by atoms with van der Waals surface area (Å²) in [5.41, 5.74) is 4.21. The van der Waals surface area contributed by atoms with E-state index in [0.717, 1.165) is 22.0 Å². The number of carboxylic acids is 1. The predicted octanol–water partition coefficient (Wildman–Crippen LogP) is 4.46. The van der Waals surface area contributed by atoms with Gasteiger partial charge < -0.3 is 29.8 Å². The summed E-state index contributed by atoms with van der Waals surface area (Å²) in [5.74, 6) is -0.715. The second kappa shape index (κ2) is 12.7. The Morgan fingerprint density at radius 1 is 1.02 bits per heavy atom. The number of carboxylic acid groups (broad SMARTS) is 1. The molecule has 2 amide bonds. The van der Waals surface area contributed by atoms with Gasteiger partial charge in [-0.05, 0) is 47.5 Å². The summed E-state index contributed by atoms with van der Waals surface area (Å²) in [5, 5.41) is 12.9. The highest BCUT2D eigenvalue weighted by Gasteiger charge is 2.32. The van der Waals surface area contributed by atoms with Crippen LogP contribution in [0.3, 0.4) is 0 Å². The molecule has 3 aromatic carbocycles. The Kier molecular flexibility index (Phi) is 8.22. The average Bonchev–Trinajstić information content (AvgIpc) is 3.39. The zero-order valence-electron chi connectivity index (χ0n) is 23.7. The fraction of sp³-hybridized carbons (Fsp3) is 0.176. The number of ether oxygens (including phenoxy) is 2. The minimum absolute atomic E-state index is 0.139. The quantitative estimate of drug-likeness (QED) is 0.219. The van der Waals surface area contributed by atoms with Crippen molar-refractivity contribution in [1.29, 1.82) is 0 Å². The van der Waals surface area contributed by atoms with Crippen molar-refractivity contribution in [3.8, 4) is 22.8 Å². The highest BCUT2D eigenvalue weighted by Crippen LogP contribution is 2.34. The van der Waals surface area contributed by atoms with Gasteiger partial charge in [0.05, 0.1) is 25.2 Å². The van der Waals surface area contributed by atoms with Crippen molar-refractivity contribution in [2.45, 2.75) is 19.1 Å². The van der Waals surface area contributed by atoms with Crippen LogP contribution in [0.5, 0.6) is 11.5 Å². The first-order valence-electron chi connectivity index (χ1n) is 14.2. The van der Waals surface area contributed by atoms with Crippen LogP contribution in [-0.2, 0) is 22.6 Å². The van der Waals surface area contributed by atoms with Gasteiger partial charge in [-0.3, -0.25) is 14.6 Å². The standard InChI is InChI=1S/C34H30N4O6/c39-30(16-22-6-2-1-3-7-22)37-18-26-20-38(19-24-17-36-28-9-5-4-8-27(24)28)34(42)32-29(44-26)14-15-35-33(32)23-10-12-25(13-11-23)43-21-31(40)41/h1-15,17,26,36H,16,18-21H2,(H,37,39)(H,40,41). The third kappa shape index (κ3) is 6.39. The molecule has 3 N–H and O–H groups in total. The van der Waals surface area contributed by atoms with Gasteiger partial charge in [0.2, 0.25) is 5.91 Å². The number of aromatic nitrogens is 2. The largest absolute Gasteiger partial charge is 0.486 e. The first-order chi connectivity index (χ1) is 21.4. The molecule has 0 saturated carbocycles. The number of carbonyl (C=O) groups is 3. The molecule has 0 fully saturated rings. The number of amides is 2. The van der Waals surface area contributed by atoms with E-state index in [9.17, 15) is 14.4 Å². The van der Waals surface area contributed by atoms with E-state index in [4.69, 9.17) is 14.6 Å². The first kappa shape index (κ1) is 28.5. The van der Waals surface area contributed by atoms with Gasteiger partial charge in [-0.1, -0.05) is 48.5 Å². The highest BCUT2D eigenvalue weighted by molar-refractivity contribution is 6.03. The number of aliphatic carboxylic acids is 1. The summed E-state index contributed by atoms with van der Waals surface area (Å²) in [6.07, 6.45) is 3.20. The molecule has 44 heavy (non-hydrogen) atoms. The molecule has 0 radical (unpaired) electrons. The molecule has 0 spiro atoms. The van der Waals surface area contributed by atoms with Crippen LogP contribution in [0.2, 0.25) is 0 Å². The lowest BCUT2D eigenvalue weighted by molar-refractivity contribution is -0.139. The van der Waals surface area contributed by atoms with Crippen LogP contribution >= 0.6 is 0 Å². The predicted molar refractivity (Wildman–Crippen MR) is 163 cm³/mol. The van der Waals surface area contributed by atoms with Gasteiger partial charge in [-0.25, -0.2) is 4.79 Å². The SMILES string of the molecule is O=C(O)COc1ccc(-c2nccc3c2C(=O)N(Cc2c[nH]c4ccccc24)CC(CNC(=O)Cc2ccccc2)O3)cc1. The number of rotatable bonds is 10. The van der Waals surface area contributed by atoms with E-state index in [-0.39, 0.29) is 31.3 Å². The van der Waals surface area contributed by atoms with Crippen molar-refractivity contribution >= 4 is 28.7 Å². The molecule has 1 aliphatic rings.